The van der Waals surface area contributed by atoms with Crippen LogP contribution in [0.2, 0.25) is 0 Å². The normalized spacial score (nSPS) is 21.0. The Morgan fingerprint density at radius 2 is 1.88 bits per heavy atom. The molecule has 0 saturated carbocycles. The zero-order chi connectivity index (χ0) is 11.5. The van der Waals surface area contributed by atoms with E-state index in [2.05, 4.69) is 25.1 Å². The van der Waals surface area contributed by atoms with Crippen LogP contribution in [-0.4, -0.2) is 25.0 Å². The van der Waals surface area contributed by atoms with Crippen LogP contribution in [-0.2, 0) is 0 Å². The summed E-state index contributed by atoms with van der Waals surface area (Å²) in [6.07, 6.45) is 5.67. The van der Waals surface area contributed by atoms with E-state index in [-0.39, 0.29) is 5.82 Å². The first-order valence-electron chi connectivity index (χ1n) is 5.78. The van der Waals surface area contributed by atoms with Gasteiger partial charge in [-0.25, -0.2) is 4.39 Å². The number of nitrogens with zero attached hydrogens (tertiary/aromatic N) is 1. The predicted octanol–water partition coefficient (Wildman–Crippen LogP) is 3.32. The van der Waals surface area contributed by atoms with Gasteiger partial charge in [0.1, 0.15) is 5.82 Å². The molecule has 0 fully saturated rings. The Morgan fingerprint density at radius 3 is 2.38 bits per heavy atom. The fraction of sp³-hybridized carbons (Fsp3) is 0.429. The lowest BCUT2D eigenvalue weighted by Gasteiger charge is -2.27. The summed E-state index contributed by atoms with van der Waals surface area (Å²) in [4.78, 5) is 2.28. The number of hydrogen-bond acceptors (Lipinski definition) is 1. The number of halogens is 1. The molecule has 1 atom stereocenters. The summed E-state index contributed by atoms with van der Waals surface area (Å²) in [5.74, 6) is -0.161. The third-order valence-corrected chi connectivity index (χ3v) is 3.33. The molecule has 1 unspecified atom stereocenters. The molecule has 0 aliphatic heterocycles. The van der Waals surface area contributed by atoms with Crippen LogP contribution < -0.4 is 0 Å². The van der Waals surface area contributed by atoms with Crippen molar-refractivity contribution in [2.75, 3.05) is 14.1 Å². The molecule has 0 bridgehead atoms. The fourth-order valence-electron chi connectivity index (χ4n) is 2.22. The largest absolute Gasteiger partial charge is 0.306 e. The SMILES string of the molecule is CN(C)C1CC=C(c2ccc(F)cc2)CC1. The van der Waals surface area contributed by atoms with Crippen molar-refractivity contribution >= 4 is 5.57 Å². The van der Waals surface area contributed by atoms with Crippen LogP contribution in [0.15, 0.2) is 30.3 Å². The van der Waals surface area contributed by atoms with Gasteiger partial charge >= 0.3 is 0 Å². The molecule has 0 heterocycles. The molecule has 0 radical (unpaired) electrons. The monoisotopic (exact) mass is 219 g/mol. The highest BCUT2D eigenvalue weighted by molar-refractivity contribution is 5.66. The molecule has 0 spiro atoms. The highest BCUT2D eigenvalue weighted by atomic mass is 19.1. The van der Waals surface area contributed by atoms with Crippen molar-refractivity contribution in [1.29, 1.82) is 0 Å². The minimum Gasteiger partial charge on any atom is -0.306 e. The molecule has 86 valence electrons. The summed E-state index contributed by atoms with van der Waals surface area (Å²) in [6.45, 7) is 0. The molecule has 1 aliphatic carbocycles. The third kappa shape index (κ3) is 2.50. The zero-order valence-corrected chi connectivity index (χ0v) is 9.91. The van der Waals surface area contributed by atoms with Crippen LogP contribution in [0.4, 0.5) is 4.39 Å². The topological polar surface area (TPSA) is 3.24 Å². The number of rotatable bonds is 2. The van der Waals surface area contributed by atoms with E-state index < -0.39 is 0 Å². The van der Waals surface area contributed by atoms with Gasteiger partial charge in [0.05, 0.1) is 0 Å². The molecule has 1 aliphatic rings. The van der Waals surface area contributed by atoms with E-state index >= 15 is 0 Å². The van der Waals surface area contributed by atoms with E-state index in [0.29, 0.717) is 6.04 Å². The Bertz CT molecular complexity index is 378. The summed E-state index contributed by atoms with van der Waals surface area (Å²) >= 11 is 0. The Labute approximate surface area is 96.6 Å². The molecule has 1 nitrogen and oxygen atoms in total. The van der Waals surface area contributed by atoms with Crippen LogP contribution in [0, 0.1) is 5.82 Å². The maximum atomic E-state index is 12.8. The van der Waals surface area contributed by atoms with E-state index in [0.717, 1.165) is 12.8 Å². The average molecular weight is 219 g/mol. The fourth-order valence-corrected chi connectivity index (χ4v) is 2.22. The van der Waals surface area contributed by atoms with Crippen LogP contribution in [0.1, 0.15) is 24.8 Å². The van der Waals surface area contributed by atoms with Crippen molar-refractivity contribution in [2.45, 2.75) is 25.3 Å². The van der Waals surface area contributed by atoms with Crippen molar-refractivity contribution in [2.24, 2.45) is 0 Å². The van der Waals surface area contributed by atoms with Crippen molar-refractivity contribution in [3.05, 3.63) is 41.7 Å². The van der Waals surface area contributed by atoms with Gasteiger partial charge in [-0.2, -0.15) is 0 Å². The highest BCUT2D eigenvalue weighted by Gasteiger charge is 2.16. The molecular weight excluding hydrogens is 201 g/mol. The number of hydrogen-bond donors (Lipinski definition) is 0. The van der Waals surface area contributed by atoms with Crippen molar-refractivity contribution < 1.29 is 4.39 Å². The Balaban J connectivity index is 2.10. The maximum Gasteiger partial charge on any atom is 0.123 e. The molecule has 16 heavy (non-hydrogen) atoms. The minimum atomic E-state index is -0.161. The van der Waals surface area contributed by atoms with Gasteiger partial charge in [-0.15, -0.1) is 0 Å². The van der Waals surface area contributed by atoms with Gasteiger partial charge in [-0.1, -0.05) is 18.2 Å². The summed E-state index contributed by atoms with van der Waals surface area (Å²) in [7, 11) is 4.25. The number of benzene rings is 1. The van der Waals surface area contributed by atoms with Gasteiger partial charge in [0, 0.05) is 6.04 Å². The quantitative estimate of drug-likeness (QED) is 0.737. The van der Waals surface area contributed by atoms with Crippen molar-refractivity contribution in [3.8, 4) is 0 Å². The van der Waals surface area contributed by atoms with Crippen LogP contribution in [0.25, 0.3) is 5.57 Å². The minimum absolute atomic E-state index is 0.161. The lowest BCUT2D eigenvalue weighted by molar-refractivity contribution is 0.277. The van der Waals surface area contributed by atoms with Gasteiger partial charge in [-0.05, 0) is 56.6 Å². The van der Waals surface area contributed by atoms with Gasteiger partial charge in [0.2, 0.25) is 0 Å². The van der Waals surface area contributed by atoms with Gasteiger partial charge in [0.15, 0.2) is 0 Å². The van der Waals surface area contributed by atoms with E-state index in [1.807, 2.05) is 12.1 Å². The first kappa shape index (κ1) is 11.3. The van der Waals surface area contributed by atoms with E-state index in [4.69, 9.17) is 0 Å². The molecular formula is C14H18FN. The predicted molar refractivity (Wildman–Crippen MR) is 65.7 cm³/mol. The van der Waals surface area contributed by atoms with Crippen LogP contribution in [0.5, 0.6) is 0 Å². The molecule has 0 amide bonds. The van der Waals surface area contributed by atoms with Crippen molar-refractivity contribution in [1.82, 2.24) is 4.90 Å². The standard InChI is InChI=1S/C14H18FN/c1-16(2)14-9-5-12(6-10-14)11-3-7-13(15)8-4-11/h3-5,7-8,14H,6,9-10H2,1-2H3. The van der Waals surface area contributed by atoms with Crippen LogP contribution >= 0.6 is 0 Å². The average Bonchev–Trinajstić information content (AvgIpc) is 2.30. The van der Waals surface area contributed by atoms with E-state index in [1.54, 1.807) is 0 Å². The second kappa shape index (κ2) is 4.79. The molecule has 2 heteroatoms. The second-order valence-corrected chi connectivity index (χ2v) is 4.63. The summed E-state index contributed by atoms with van der Waals surface area (Å²) < 4.78 is 12.8. The molecule has 0 N–H and O–H groups in total. The smallest absolute Gasteiger partial charge is 0.123 e. The summed E-state index contributed by atoms with van der Waals surface area (Å²) in [5.41, 5.74) is 2.52. The molecule has 1 aromatic carbocycles. The molecule has 0 saturated heterocycles. The lowest BCUT2D eigenvalue weighted by atomic mass is 9.90. The Kier molecular flexibility index (Phi) is 3.39. The van der Waals surface area contributed by atoms with E-state index in [9.17, 15) is 4.39 Å². The first-order valence-corrected chi connectivity index (χ1v) is 5.78. The molecule has 1 aromatic rings. The first-order chi connectivity index (χ1) is 7.66. The summed E-state index contributed by atoms with van der Waals surface area (Å²) in [6, 6.07) is 7.47. The maximum absolute atomic E-state index is 12.8. The zero-order valence-electron chi connectivity index (χ0n) is 9.91. The van der Waals surface area contributed by atoms with Gasteiger partial charge in [0.25, 0.3) is 0 Å². The second-order valence-electron chi connectivity index (χ2n) is 4.63. The Hall–Kier alpha value is -1.15. The molecule has 2 rings (SSSR count). The van der Waals surface area contributed by atoms with Crippen molar-refractivity contribution in [3.63, 3.8) is 0 Å². The summed E-state index contributed by atoms with van der Waals surface area (Å²) in [5, 5.41) is 0. The Morgan fingerprint density at radius 1 is 1.19 bits per heavy atom. The van der Waals surface area contributed by atoms with Gasteiger partial charge in [-0.3, -0.25) is 0 Å². The molecule has 0 aromatic heterocycles. The van der Waals surface area contributed by atoms with Gasteiger partial charge < -0.3 is 4.90 Å². The van der Waals surface area contributed by atoms with E-state index in [1.165, 1.54) is 29.7 Å². The van der Waals surface area contributed by atoms with Crippen LogP contribution in [0.3, 0.4) is 0 Å². The number of allylic oxidation sites excluding steroid dienone is 1. The third-order valence-electron chi connectivity index (χ3n) is 3.33. The highest BCUT2D eigenvalue weighted by Crippen LogP contribution is 2.28. The lowest BCUT2D eigenvalue weighted by Crippen LogP contribution is -2.28.